The molecule has 0 unspecified atom stereocenters. The molecule has 1 atom stereocenters. The van der Waals surface area contributed by atoms with E-state index < -0.39 is 6.04 Å². The average Bonchev–Trinajstić information content (AvgIpc) is 3.07. The molecule has 1 aliphatic heterocycles. The fraction of sp³-hybridized carbons (Fsp3) is 0.222. The third-order valence-electron chi connectivity index (χ3n) is 4.02. The predicted molar refractivity (Wildman–Crippen MR) is 95.6 cm³/mol. The van der Waals surface area contributed by atoms with Crippen molar-refractivity contribution in [1.29, 1.82) is 0 Å². The molecule has 124 valence electrons. The van der Waals surface area contributed by atoms with Crippen LogP contribution < -0.4 is 5.32 Å². The maximum Gasteiger partial charge on any atom is 0.254 e. The van der Waals surface area contributed by atoms with Gasteiger partial charge in [-0.25, -0.2) is 0 Å². The molecule has 2 amide bonds. The maximum absolute atomic E-state index is 12.7. The summed E-state index contributed by atoms with van der Waals surface area (Å²) >= 11 is 11.7. The number of rotatable bonds is 3. The van der Waals surface area contributed by atoms with Crippen molar-refractivity contribution in [2.75, 3.05) is 11.9 Å². The smallest absolute Gasteiger partial charge is 0.254 e. The Hall–Kier alpha value is -2.04. The Labute approximate surface area is 150 Å². The second kappa shape index (κ2) is 7.24. The molecule has 24 heavy (non-hydrogen) atoms. The molecule has 0 spiro atoms. The number of carbonyl (C=O) groups is 2. The maximum atomic E-state index is 12.7. The standard InChI is InChI=1S/C18H16Cl2N2O2/c19-13-5-3-12(4-6-13)18(24)22-11-1-2-16(22)17(23)21-15-9-7-14(20)8-10-15/h3-10,16H,1-2,11H2,(H,21,23)/t16-/m1/s1. The van der Waals surface area contributed by atoms with Crippen molar-refractivity contribution in [3.63, 3.8) is 0 Å². The lowest BCUT2D eigenvalue weighted by atomic mass is 10.1. The van der Waals surface area contributed by atoms with Crippen molar-refractivity contribution < 1.29 is 9.59 Å². The van der Waals surface area contributed by atoms with E-state index in [-0.39, 0.29) is 11.8 Å². The highest BCUT2D eigenvalue weighted by atomic mass is 35.5. The molecule has 1 N–H and O–H groups in total. The van der Waals surface area contributed by atoms with E-state index in [1.807, 2.05) is 0 Å². The van der Waals surface area contributed by atoms with Gasteiger partial charge in [0.2, 0.25) is 5.91 Å². The SMILES string of the molecule is O=C(Nc1ccc(Cl)cc1)[C@H]1CCCN1C(=O)c1ccc(Cl)cc1. The lowest BCUT2D eigenvalue weighted by Gasteiger charge is -2.24. The van der Waals surface area contributed by atoms with E-state index in [1.165, 1.54) is 0 Å². The highest BCUT2D eigenvalue weighted by molar-refractivity contribution is 6.31. The van der Waals surface area contributed by atoms with E-state index in [1.54, 1.807) is 53.4 Å². The van der Waals surface area contributed by atoms with Crippen LogP contribution in [0.4, 0.5) is 5.69 Å². The predicted octanol–water partition coefficient (Wildman–Crippen LogP) is 4.24. The van der Waals surface area contributed by atoms with Gasteiger partial charge >= 0.3 is 0 Å². The van der Waals surface area contributed by atoms with Gasteiger partial charge in [0.05, 0.1) is 0 Å². The largest absolute Gasteiger partial charge is 0.327 e. The summed E-state index contributed by atoms with van der Waals surface area (Å²) in [6.45, 7) is 0.570. The average molecular weight is 363 g/mol. The second-order valence-electron chi connectivity index (χ2n) is 5.66. The zero-order valence-corrected chi connectivity index (χ0v) is 14.3. The number of nitrogens with zero attached hydrogens (tertiary/aromatic N) is 1. The monoisotopic (exact) mass is 362 g/mol. The Morgan fingerprint density at radius 3 is 2.17 bits per heavy atom. The summed E-state index contributed by atoms with van der Waals surface area (Å²) in [5.41, 5.74) is 1.20. The Morgan fingerprint density at radius 1 is 0.958 bits per heavy atom. The van der Waals surface area contributed by atoms with Crippen molar-refractivity contribution in [1.82, 2.24) is 4.90 Å². The Kier molecular flexibility index (Phi) is 5.07. The van der Waals surface area contributed by atoms with Crippen molar-refractivity contribution in [3.05, 3.63) is 64.1 Å². The van der Waals surface area contributed by atoms with Gasteiger partial charge in [0.1, 0.15) is 6.04 Å². The molecule has 2 aromatic carbocycles. The van der Waals surface area contributed by atoms with E-state index in [0.29, 0.717) is 34.3 Å². The van der Waals surface area contributed by atoms with Gasteiger partial charge in [-0.1, -0.05) is 23.2 Å². The summed E-state index contributed by atoms with van der Waals surface area (Å²) in [5.74, 6) is -0.336. The van der Waals surface area contributed by atoms with E-state index in [2.05, 4.69) is 5.32 Å². The van der Waals surface area contributed by atoms with Crippen LogP contribution in [-0.2, 0) is 4.79 Å². The van der Waals surface area contributed by atoms with Crippen LogP contribution in [0.1, 0.15) is 23.2 Å². The molecule has 1 saturated heterocycles. The fourth-order valence-corrected chi connectivity index (χ4v) is 3.05. The highest BCUT2D eigenvalue weighted by Gasteiger charge is 2.34. The molecule has 4 nitrogen and oxygen atoms in total. The number of hydrogen-bond donors (Lipinski definition) is 1. The normalized spacial score (nSPS) is 16.9. The topological polar surface area (TPSA) is 49.4 Å². The lowest BCUT2D eigenvalue weighted by Crippen LogP contribution is -2.43. The van der Waals surface area contributed by atoms with Crippen molar-refractivity contribution in [3.8, 4) is 0 Å². The van der Waals surface area contributed by atoms with Gasteiger partial charge in [0.15, 0.2) is 0 Å². The minimum Gasteiger partial charge on any atom is -0.327 e. The Morgan fingerprint density at radius 2 is 1.54 bits per heavy atom. The molecule has 0 radical (unpaired) electrons. The van der Waals surface area contributed by atoms with Gasteiger partial charge in [0, 0.05) is 27.8 Å². The van der Waals surface area contributed by atoms with Gasteiger partial charge in [-0.2, -0.15) is 0 Å². The van der Waals surface area contributed by atoms with Gasteiger partial charge in [0.25, 0.3) is 5.91 Å². The third-order valence-corrected chi connectivity index (χ3v) is 4.52. The van der Waals surface area contributed by atoms with Crippen LogP contribution in [0, 0.1) is 0 Å². The third kappa shape index (κ3) is 3.71. The summed E-state index contributed by atoms with van der Waals surface area (Å²) in [5, 5.41) is 4.02. The van der Waals surface area contributed by atoms with Crippen molar-refractivity contribution in [2.24, 2.45) is 0 Å². The molecular formula is C18H16Cl2N2O2. The van der Waals surface area contributed by atoms with E-state index >= 15 is 0 Å². The van der Waals surface area contributed by atoms with E-state index in [9.17, 15) is 9.59 Å². The van der Waals surface area contributed by atoms with Crippen LogP contribution in [0.2, 0.25) is 10.0 Å². The number of nitrogens with one attached hydrogen (secondary N) is 1. The molecular weight excluding hydrogens is 347 g/mol. The van der Waals surface area contributed by atoms with Crippen LogP contribution in [0.5, 0.6) is 0 Å². The first-order chi connectivity index (χ1) is 11.5. The summed E-state index contributed by atoms with van der Waals surface area (Å²) in [7, 11) is 0. The zero-order chi connectivity index (χ0) is 17.1. The fourth-order valence-electron chi connectivity index (χ4n) is 2.80. The highest BCUT2D eigenvalue weighted by Crippen LogP contribution is 2.23. The van der Waals surface area contributed by atoms with Crippen LogP contribution >= 0.6 is 23.2 Å². The number of carbonyl (C=O) groups excluding carboxylic acids is 2. The number of amides is 2. The number of halogens is 2. The van der Waals surface area contributed by atoms with Gasteiger partial charge in [-0.15, -0.1) is 0 Å². The number of likely N-dealkylation sites (tertiary alicyclic amines) is 1. The number of anilines is 1. The molecule has 0 bridgehead atoms. The van der Waals surface area contributed by atoms with Crippen molar-refractivity contribution >= 4 is 40.7 Å². The molecule has 2 aromatic rings. The van der Waals surface area contributed by atoms with Crippen LogP contribution in [0.25, 0.3) is 0 Å². The van der Waals surface area contributed by atoms with Gasteiger partial charge in [-0.05, 0) is 61.4 Å². The summed E-state index contributed by atoms with van der Waals surface area (Å²) in [4.78, 5) is 26.8. The molecule has 1 heterocycles. The van der Waals surface area contributed by atoms with E-state index in [4.69, 9.17) is 23.2 Å². The van der Waals surface area contributed by atoms with Gasteiger partial charge in [-0.3, -0.25) is 9.59 Å². The molecule has 0 saturated carbocycles. The second-order valence-corrected chi connectivity index (χ2v) is 6.53. The minimum absolute atomic E-state index is 0.152. The minimum atomic E-state index is -0.469. The first-order valence-corrected chi connectivity index (χ1v) is 8.43. The molecule has 6 heteroatoms. The molecule has 0 aromatic heterocycles. The van der Waals surface area contributed by atoms with Crippen molar-refractivity contribution in [2.45, 2.75) is 18.9 Å². The molecule has 1 fully saturated rings. The van der Waals surface area contributed by atoms with Crippen LogP contribution in [-0.4, -0.2) is 29.3 Å². The first kappa shape index (κ1) is 16.8. The summed E-state index contributed by atoms with van der Waals surface area (Å²) in [6, 6.07) is 13.1. The molecule has 3 rings (SSSR count). The quantitative estimate of drug-likeness (QED) is 0.887. The molecule has 0 aliphatic carbocycles. The lowest BCUT2D eigenvalue weighted by molar-refractivity contribution is -0.119. The zero-order valence-electron chi connectivity index (χ0n) is 12.8. The Balaban J connectivity index is 1.72. The number of benzene rings is 2. The summed E-state index contributed by atoms with van der Waals surface area (Å²) in [6.07, 6.45) is 1.46. The summed E-state index contributed by atoms with van der Waals surface area (Å²) < 4.78 is 0. The van der Waals surface area contributed by atoms with Crippen LogP contribution in [0.15, 0.2) is 48.5 Å². The first-order valence-electron chi connectivity index (χ1n) is 7.67. The Bertz CT molecular complexity index is 745. The number of hydrogen-bond acceptors (Lipinski definition) is 2. The van der Waals surface area contributed by atoms with Gasteiger partial charge < -0.3 is 10.2 Å². The van der Waals surface area contributed by atoms with Crippen LogP contribution in [0.3, 0.4) is 0 Å². The molecule has 1 aliphatic rings. The van der Waals surface area contributed by atoms with E-state index in [0.717, 1.165) is 6.42 Å².